The van der Waals surface area contributed by atoms with Crippen LogP contribution in [0.5, 0.6) is 0 Å². The molecule has 110 valence electrons. The van der Waals surface area contributed by atoms with Gasteiger partial charge in [0, 0.05) is 17.4 Å². The van der Waals surface area contributed by atoms with Crippen LogP contribution in [0.1, 0.15) is 31.7 Å². The lowest BCUT2D eigenvalue weighted by Crippen LogP contribution is -2.33. The van der Waals surface area contributed by atoms with E-state index in [0.717, 1.165) is 23.1 Å². The molecule has 0 radical (unpaired) electrons. The average Bonchev–Trinajstić information content (AvgIpc) is 2.47. The van der Waals surface area contributed by atoms with Crippen molar-refractivity contribution in [2.45, 2.75) is 32.7 Å². The van der Waals surface area contributed by atoms with Crippen LogP contribution in [-0.2, 0) is 11.3 Å². The Kier molecular flexibility index (Phi) is 6.05. The molecule has 1 aromatic rings. The van der Waals surface area contributed by atoms with Gasteiger partial charge in [0.25, 0.3) is 0 Å². The second-order valence-electron chi connectivity index (χ2n) is 5.64. The zero-order valence-corrected chi connectivity index (χ0v) is 13.6. The molecule has 1 aliphatic rings. The molecule has 0 saturated carbocycles. The zero-order valence-electron chi connectivity index (χ0n) is 12.0. The maximum atomic E-state index is 12.0. The van der Waals surface area contributed by atoms with Crippen LogP contribution >= 0.6 is 15.9 Å². The number of halogens is 1. The molecule has 1 aliphatic heterocycles. The molecule has 4 heteroatoms. The molecule has 0 bridgehead atoms. The lowest BCUT2D eigenvalue weighted by atomic mass is 9.84. The highest BCUT2D eigenvalue weighted by atomic mass is 79.9. The molecule has 1 amide bonds. The van der Waals surface area contributed by atoms with Gasteiger partial charge in [0.1, 0.15) is 0 Å². The van der Waals surface area contributed by atoms with Gasteiger partial charge in [0.15, 0.2) is 0 Å². The minimum absolute atomic E-state index is 0.159. The van der Waals surface area contributed by atoms with Crippen molar-refractivity contribution in [3.05, 3.63) is 34.3 Å². The van der Waals surface area contributed by atoms with Crippen molar-refractivity contribution in [3.63, 3.8) is 0 Å². The van der Waals surface area contributed by atoms with Crippen LogP contribution < -0.4 is 10.6 Å². The summed E-state index contributed by atoms with van der Waals surface area (Å²) < 4.78 is 1.05. The third-order valence-electron chi connectivity index (χ3n) is 4.13. The summed E-state index contributed by atoms with van der Waals surface area (Å²) in [5, 5.41) is 6.40. The second kappa shape index (κ2) is 7.79. The van der Waals surface area contributed by atoms with Gasteiger partial charge in [-0.25, -0.2) is 0 Å². The smallest absolute Gasteiger partial charge is 0.220 e. The molecule has 2 N–H and O–H groups in total. The summed E-state index contributed by atoms with van der Waals surface area (Å²) in [5.74, 6) is 1.31. The molecule has 1 aromatic carbocycles. The summed E-state index contributed by atoms with van der Waals surface area (Å²) in [6.07, 6.45) is 3.02. The highest BCUT2D eigenvalue weighted by molar-refractivity contribution is 9.10. The third-order valence-corrected chi connectivity index (χ3v) is 4.90. The SMILES string of the molecule is CC(CC(=O)NCc1ccccc1Br)C1CCNCC1. The quantitative estimate of drug-likeness (QED) is 0.866. The van der Waals surface area contributed by atoms with Crippen molar-refractivity contribution in [2.75, 3.05) is 13.1 Å². The topological polar surface area (TPSA) is 41.1 Å². The Morgan fingerprint density at radius 2 is 2.10 bits per heavy atom. The molecule has 1 atom stereocenters. The van der Waals surface area contributed by atoms with Gasteiger partial charge in [-0.3, -0.25) is 4.79 Å². The van der Waals surface area contributed by atoms with Crippen molar-refractivity contribution in [1.29, 1.82) is 0 Å². The van der Waals surface area contributed by atoms with Crippen LogP contribution in [0.15, 0.2) is 28.7 Å². The van der Waals surface area contributed by atoms with E-state index >= 15 is 0 Å². The van der Waals surface area contributed by atoms with Crippen molar-refractivity contribution in [3.8, 4) is 0 Å². The van der Waals surface area contributed by atoms with Gasteiger partial charge < -0.3 is 10.6 Å². The number of carbonyl (C=O) groups is 1. The van der Waals surface area contributed by atoms with Crippen LogP contribution in [0, 0.1) is 11.8 Å². The van der Waals surface area contributed by atoms with E-state index in [2.05, 4.69) is 33.5 Å². The molecule has 20 heavy (non-hydrogen) atoms. The Morgan fingerprint density at radius 3 is 2.80 bits per heavy atom. The lowest BCUT2D eigenvalue weighted by molar-refractivity contribution is -0.122. The summed E-state index contributed by atoms with van der Waals surface area (Å²) in [5.41, 5.74) is 1.12. The molecular formula is C16H23BrN2O. The van der Waals surface area contributed by atoms with Crippen LogP contribution in [-0.4, -0.2) is 19.0 Å². The number of hydrogen-bond acceptors (Lipinski definition) is 2. The Morgan fingerprint density at radius 1 is 1.40 bits per heavy atom. The Labute approximate surface area is 129 Å². The monoisotopic (exact) mass is 338 g/mol. The fourth-order valence-corrected chi connectivity index (χ4v) is 3.21. The van der Waals surface area contributed by atoms with Gasteiger partial charge in [-0.05, 0) is 49.4 Å². The van der Waals surface area contributed by atoms with Crippen LogP contribution in [0.4, 0.5) is 0 Å². The average molecular weight is 339 g/mol. The number of rotatable bonds is 5. The predicted molar refractivity (Wildman–Crippen MR) is 85.4 cm³/mol. The van der Waals surface area contributed by atoms with E-state index in [1.165, 1.54) is 12.8 Å². The first-order valence-electron chi connectivity index (χ1n) is 7.37. The highest BCUT2D eigenvalue weighted by Gasteiger charge is 2.21. The van der Waals surface area contributed by atoms with Crippen molar-refractivity contribution < 1.29 is 4.79 Å². The first-order valence-corrected chi connectivity index (χ1v) is 8.17. The van der Waals surface area contributed by atoms with Crippen LogP contribution in [0.3, 0.4) is 0 Å². The van der Waals surface area contributed by atoms with E-state index in [4.69, 9.17) is 0 Å². The number of benzene rings is 1. The standard InChI is InChI=1S/C16H23BrN2O/c1-12(13-6-8-18-9-7-13)10-16(20)19-11-14-4-2-3-5-15(14)17/h2-5,12-13,18H,6-11H2,1H3,(H,19,20). The fourth-order valence-electron chi connectivity index (χ4n) is 2.78. The number of hydrogen-bond donors (Lipinski definition) is 2. The normalized spacial score (nSPS) is 17.7. The summed E-state index contributed by atoms with van der Waals surface area (Å²) in [7, 11) is 0. The maximum Gasteiger partial charge on any atom is 0.220 e. The Balaban J connectivity index is 1.76. The van der Waals surface area contributed by atoms with Gasteiger partial charge in [-0.15, -0.1) is 0 Å². The number of nitrogens with one attached hydrogen (secondary N) is 2. The summed E-state index contributed by atoms with van der Waals surface area (Å²) in [6.45, 7) is 4.98. The number of piperidine rings is 1. The Hall–Kier alpha value is -0.870. The van der Waals surface area contributed by atoms with Gasteiger partial charge >= 0.3 is 0 Å². The first-order chi connectivity index (χ1) is 9.66. The van der Waals surface area contributed by atoms with Gasteiger partial charge in [0.2, 0.25) is 5.91 Å². The van der Waals surface area contributed by atoms with Gasteiger partial charge in [-0.2, -0.15) is 0 Å². The molecule has 1 unspecified atom stereocenters. The van der Waals surface area contributed by atoms with E-state index in [1.54, 1.807) is 0 Å². The minimum Gasteiger partial charge on any atom is -0.352 e. The first kappa shape index (κ1) is 15.5. The fraction of sp³-hybridized carbons (Fsp3) is 0.562. The lowest BCUT2D eigenvalue weighted by Gasteiger charge is -2.27. The molecule has 0 aromatic heterocycles. The molecule has 0 aliphatic carbocycles. The van der Waals surface area contributed by atoms with Crippen molar-refractivity contribution >= 4 is 21.8 Å². The van der Waals surface area contributed by atoms with Gasteiger partial charge in [0.05, 0.1) is 0 Å². The number of amides is 1. The van der Waals surface area contributed by atoms with Gasteiger partial charge in [-0.1, -0.05) is 41.1 Å². The molecule has 1 fully saturated rings. The molecule has 0 spiro atoms. The second-order valence-corrected chi connectivity index (χ2v) is 6.49. The minimum atomic E-state index is 0.159. The van der Waals surface area contributed by atoms with E-state index in [-0.39, 0.29) is 5.91 Å². The van der Waals surface area contributed by atoms with Crippen molar-refractivity contribution in [2.24, 2.45) is 11.8 Å². The summed E-state index contributed by atoms with van der Waals surface area (Å²) >= 11 is 3.50. The van der Waals surface area contributed by atoms with Crippen LogP contribution in [0.2, 0.25) is 0 Å². The number of carbonyl (C=O) groups excluding carboxylic acids is 1. The molecule has 1 heterocycles. The maximum absolute atomic E-state index is 12.0. The molecule has 2 rings (SSSR count). The summed E-state index contributed by atoms with van der Waals surface area (Å²) in [4.78, 5) is 12.0. The van der Waals surface area contributed by atoms with Crippen LogP contribution in [0.25, 0.3) is 0 Å². The predicted octanol–water partition coefficient (Wildman–Crippen LogP) is 3.09. The Bertz CT molecular complexity index is 444. The van der Waals surface area contributed by atoms with E-state index in [9.17, 15) is 4.79 Å². The summed E-state index contributed by atoms with van der Waals surface area (Å²) in [6, 6.07) is 8.00. The van der Waals surface area contributed by atoms with E-state index < -0.39 is 0 Å². The van der Waals surface area contributed by atoms with E-state index in [1.807, 2.05) is 24.3 Å². The molecular weight excluding hydrogens is 316 g/mol. The zero-order chi connectivity index (χ0) is 14.4. The highest BCUT2D eigenvalue weighted by Crippen LogP contribution is 2.24. The van der Waals surface area contributed by atoms with E-state index in [0.29, 0.717) is 24.8 Å². The molecule has 3 nitrogen and oxygen atoms in total. The third kappa shape index (κ3) is 4.60. The molecule has 1 saturated heterocycles. The van der Waals surface area contributed by atoms with Crippen molar-refractivity contribution in [1.82, 2.24) is 10.6 Å². The largest absolute Gasteiger partial charge is 0.352 e.